The van der Waals surface area contributed by atoms with Gasteiger partial charge in [0.05, 0.1) is 19.0 Å². The Hall–Kier alpha value is -3.02. The summed E-state index contributed by atoms with van der Waals surface area (Å²) in [7, 11) is -0.485. The predicted molar refractivity (Wildman–Crippen MR) is 130 cm³/mol. The lowest BCUT2D eigenvalue weighted by Crippen LogP contribution is -2.34. The SMILES string of the molecule is COc1cc(-c2ccc3c(c2NC(=O)NS(=O)(=O)c2cc4c(s2)CCN(C)C4)CCC3)cnn1. The normalized spacial score (nSPS) is 15.5. The molecule has 0 unspecified atom stereocenters. The first-order chi connectivity index (χ1) is 16.3. The number of carbonyl (C=O) groups is 1. The van der Waals surface area contributed by atoms with Gasteiger partial charge in [0, 0.05) is 35.2 Å². The summed E-state index contributed by atoms with van der Waals surface area (Å²) < 4.78 is 33.5. The van der Waals surface area contributed by atoms with Gasteiger partial charge < -0.3 is 15.0 Å². The van der Waals surface area contributed by atoms with Crippen LogP contribution in [0.25, 0.3) is 11.1 Å². The second kappa shape index (κ2) is 8.97. The number of nitrogens with one attached hydrogen (secondary N) is 2. The van der Waals surface area contributed by atoms with Gasteiger partial charge in [0.15, 0.2) is 0 Å². The van der Waals surface area contributed by atoms with E-state index < -0.39 is 16.1 Å². The summed E-state index contributed by atoms with van der Waals surface area (Å²) in [5.41, 5.74) is 5.19. The van der Waals surface area contributed by atoms with Crippen LogP contribution in [0.3, 0.4) is 0 Å². The fourth-order valence-corrected chi connectivity index (χ4v) is 6.99. The maximum atomic E-state index is 13.0. The number of hydrogen-bond donors (Lipinski definition) is 2. The Morgan fingerprint density at radius 3 is 2.85 bits per heavy atom. The summed E-state index contributed by atoms with van der Waals surface area (Å²) in [4.78, 5) is 16.1. The molecule has 3 aromatic rings. The van der Waals surface area contributed by atoms with E-state index in [1.165, 1.54) is 18.4 Å². The molecule has 2 amide bonds. The summed E-state index contributed by atoms with van der Waals surface area (Å²) in [5, 5.41) is 10.7. The van der Waals surface area contributed by atoms with E-state index in [0.29, 0.717) is 18.1 Å². The molecule has 3 heterocycles. The number of fused-ring (bicyclic) bond motifs is 2. The monoisotopic (exact) mass is 499 g/mol. The summed E-state index contributed by atoms with van der Waals surface area (Å²) >= 11 is 1.23. The molecule has 1 aromatic carbocycles. The van der Waals surface area contributed by atoms with Crippen LogP contribution < -0.4 is 14.8 Å². The van der Waals surface area contributed by atoms with Gasteiger partial charge in [0.2, 0.25) is 5.88 Å². The zero-order valence-corrected chi connectivity index (χ0v) is 20.6. The number of aryl methyl sites for hydroxylation is 1. The Morgan fingerprint density at radius 2 is 2.03 bits per heavy atom. The summed E-state index contributed by atoms with van der Waals surface area (Å²) in [6.07, 6.45) is 5.08. The molecule has 9 nitrogen and oxygen atoms in total. The third kappa shape index (κ3) is 4.38. The molecule has 0 saturated heterocycles. The average Bonchev–Trinajstić information content (AvgIpc) is 3.46. The Kier molecular flexibility index (Phi) is 6.00. The highest BCUT2D eigenvalue weighted by Gasteiger charge is 2.26. The molecule has 1 aliphatic carbocycles. The van der Waals surface area contributed by atoms with Gasteiger partial charge in [-0.1, -0.05) is 12.1 Å². The van der Waals surface area contributed by atoms with Crippen molar-refractivity contribution in [1.82, 2.24) is 19.8 Å². The van der Waals surface area contributed by atoms with Crippen molar-refractivity contribution in [3.05, 3.63) is 52.0 Å². The molecule has 1 aliphatic heterocycles. The first kappa shape index (κ1) is 22.8. The molecular formula is C23H25N5O4S2. The number of amides is 2. The summed E-state index contributed by atoms with van der Waals surface area (Å²) in [5.74, 6) is 0.350. The van der Waals surface area contributed by atoms with Gasteiger partial charge >= 0.3 is 6.03 Å². The van der Waals surface area contributed by atoms with Gasteiger partial charge in [-0.15, -0.1) is 16.4 Å². The Morgan fingerprint density at radius 1 is 1.18 bits per heavy atom. The third-order valence-corrected chi connectivity index (χ3v) is 9.24. The zero-order valence-electron chi connectivity index (χ0n) is 18.9. The van der Waals surface area contributed by atoms with Crippen LogP contribution in [0.2, 0.25) is 0 Å². The van der Waals surface area contributed by atoms with E-state index in [2.05, 4.69) is 25.1 Å². The van der Waals surface area contributed by atoms with E-state index in [1.807, 2.05) is 19.2 Å². The van der Waals surface area contributed by atoms with Crippen LogP contribution in [-0.2, 0) is 35.8 Å². The molecule has 11 heteroatoms. The number of ether oxygens (including phenoxy) is 1. The van der Waals surface area contributed by atoms with Gasteiger partial charge in [-0.2, -0.15) is 5.10 Å². The standard InChI is InChI=1S/C23H25N5O4S2/c1-28-9-8-19-16(13-28)11-21(33-19)34(30,31)27-23(29)25-22-17-5-3-4-14(17)6-7-18(22)15-10-20(32-2)26-24-12-15/h6-7,10-12H,3-5,8-9,13H2,1-2H3,(H2,25,27,29). The highest BCUT2D eigenvalue weighted by Crippen LogP contribution is 2.38. The fourth-order valence-electron chi connectivity index (χ4n) is 4.53. The smallest absolute Gasteiger partial charge is 0.333 e. The quantitative estimate of drug-likeness (QED) is 0.554. The fraction of sp³-hybridized carbons (Fsp3) is 0.348. The van der Waals surface area contributed by atoms with Crippen LogP contribution >= 0.6 is 11.3 Å². The van der Waals surface area contributed by atoms with Crippen LogP contribution in [0, 0.1) is 0 Å². The van der Waals surface area contributed by atoms with Gasteiger partial charge in [-0.25, -0.2) is 17.9 Å². The number of carbonyl (C=O) groups excluding carboxylic acids is 1. The van der Waals surface area contributed by atoms with Crippen molar-refractivity contribution in [3.8, 4) is 17.0 Å². The van der Waals surface area contributed by atoms with Crippen molar-refractivity contribution >= 4 is 33.1 Å². The molecule has 178 valence electrons. The van der Waals surface area contributed by atoms with Crippen molar-refractivity contribution in [1.29, 1.82) is 0 Å². The maximum absolute atomic E-state index is 13.0. The maximum Gasteiger partial charge on any atom is 0.333 e. The second-order valence-electron chi connectivity index (χ2n) is 8.53. The van der Waals surface area contributed by atoms with E-state index in [1.54, 1.807) is 18.3 Å². The molecule has 0 atom stereocenters. The molecular weight excluding hydrogens is 474 g/mol. The molecule has 0 saturated carbocycles. The molecule has 0 bridgehead atoms. The van der Waals surface area contributed by atoms with E-state index >= 15 is 0 Å². The van der Waals surface area contributed by atoms with Crippen molar-refractivity contribution in [2.45, 2.75) is 36.4 Å². The molecule has 2 aromatic heterocycles. The van der Waals surface area contributed by atoms with E-state index in [9.17, 15) is 13.2 Å². The van der Waals surface area contributed by atoms with Crippen molar-refractivity contribution in [3.63, 3.8) is 0 Å². The van der Waals surface area contributed by atoms with Gasteiger partial charge in [-0.3, -0.25) is 0 Å². The van der Waals surface area contributed by atoms with Gasteiger partial charge in [0.25, 0.3) is 10.0 Å². The van der Waals surface area contributed by atoms with Crippen molar-refractivity contribution < 1.29 is 17.9 Å². The number of thiophene rings is 1. The number of nitrogens with zero attached hydrogens (tertiary/aromatic N) is 3. The number of methoxy groups -OCH3 is 1. The third-order valence-electron chi connectivity index (χ3n) is 6.20. The minimum absolute atomic E-state index is 0.157. The van der Waals surface area contributed by atoms with Crippen molar-refractivity contribution in [2.75, 3.05) is 26.0 Å². The van der Waals surface area contributed by atoms with Crippen LogP contribution in [0.4, 0.5) is 10.5 Å². The van der Waals surface area contributed by atoms with Crippen LogP contribution in [0.5, 0.6) is 5.88 Å². The van der Waals surface area contributed by atoms with E-state index in [0.717, 1.165) is 64.9 Å². The largest absolute Gasteiger partial charge is 0.480 e. The number of urea groups is 1. The predicted octanol–water partition coefficient (Wildman–Crippen LogP) is 3.20. The number of hydrogen-bond acceptors (Lipinski definition) is 8. The van der Waals surface area contributed by atoms with Gasteiger partial charge in [0.1, 0.15) is 4.21 Å². The Labute approximate surface area is 202 Å². The Bertz CT molecular complexity index is 1370. The lowest BCUT2D eigenvalue weighted by atomic mass is 9.98. The zero-order chi connectivity index (χ0) is 23.9. The van der Waals surface area contributed by atoms with Crippen molar-refractivity contribution in [2.24, 2.45) is 0 Å². The lowest BCUT2D eigenvalue weighted by Gasteiger charge is -2.21. The number of likely N-dealkylation sites (N-methyl/N-ethyl adjacent to an activating group) is 1. The number of anilines is 1. The number of rotatable bonds is 5. The molecule has 34 heavy (non-hydrogen) atoms. The highest BCUT2D eigenvalue weighted by atomic mass is 32.2. The van der Waals surface area contributed by atoms with E-state index in [4.69, 9.17) is 4.74 Å². The van der Waals surface area contributed by atoms with Crippen LogP contribution in [0.1, 0.15) is 28.0 Å². The first-order valence-electron chi connectivity index (χ1n) is 11.0. The second-order valence-corrected chi connectivity index (χ2v) is 11.6. The summed E-state index contributed by atoms with van der Waals surface area (Å²) in [6.45, 7) is 1.59. The van der Waals surface area contributed by atoms with Gasteiger partial charge in [-0.05, 0) is 55.5 Å². The first-order valence-corrected chi connectivity index (χ1v) is 13.3. The minimum atomic E-state index is -4.00. The highest BCUT2D eigenvalue weighted by molar-refractivity contribution is 7.92. The van der Waals surface area contributed by atoms with E-state index in [-0.39, 0.29) is 4.21 Å². The van der Waals surface area contributed by atoms with Crippen LogP contribution in [-0.4, -0.2) is 50.2 Å². The summed E-state index contributed by atoms with van der Waals surface area (Å²) in [6, 6.07) is 6.56. The number of aromatic nitrogens is 2. The lowest BCUT2D eigenvalue weighted by molar-refractivity contribution is 0.256. The number of sulfonamides is 1. The average molecular weight is 500 g/mol. The molecule has 5 rings (SSSR count). The topological polar surface area (TPSA) is 114 Å². The molecule has 0 fully saturated rings. The molecule has 0 radical (unpaired) electrons. The minimum Gasteiger partial charge on any atom is -0.480 e. The molecule has 2 aliphatic rings. The Balaban J connectivity index is 1.43. The molecule has 2 N–H and O–H groups in total. The number of benzene rings is 1. The van der Waals surface area contributed by atoms with Crippen LogP contribution in [0.15, 0.2) is 34.7 Å². The molecule has 0 spiro atoms.